The zero-order chi connectivity index (χ0) is 18.1. The van der Waals surface area contributed by atoms with Crippen LogP contribution in [0, 0.1) is 0 Å². The van der Waals surface area contributed by atoms with Crippen molar-refractivity contribution in [3.05, 3.63) is 60.2 Å². The molecular formula is C21H23N3O2. The Kier molecular flexibility index (Phi) is 4.37. The van der Waals surface area contributed by atoms with Gasteiger partial charge in [0.1, 0.15) is 0 Å². The number of hydrogen-bond acceptors (Lipinski definition) is 3. The third-order valence-electron chi connectivity index (χ3n) is 5.30. The summed E-state index contributed by atoms with van der Waals surface area (Å²) in [5.74, 6) is -0.795. The molecule has 2 aromatic carbocycles. The van der Waals surface area contributed by atoms with E-state index in [1.165, 1.54) is 0 Å². The number of para-hydroxylation sites is 2. The molecule has 5 heteroatoms. The highest BCUT2D eigenvalue weighted by atomic mass is 16.2. The van der Waals surface area contributed by atoms with Gasteiger partial charge in [0, 0.05) is 43.6 Å². The summed E-state index contributed by atoms with van der Waals surface area (Å²) in [7, 11) is 0. The molecule has 1 unspecified atom stereocenters. The molecule has 134 valence electrons. The monoisotopic (exact) mass is 349 g/mol. The first kappa shape index (κ1) is 16.6. The van der Waals surface area contributed by atoms with Crippen LogP contribution in [0.4, 0.5) is 11.4 Å². The van der Waals surface area contributed by atoms with Crippen molar-refractivity contribution < 1.29 is 9.59 Å². The number of carbonyl (C=O) groups excluding carboxylic acids is 2. The van der Waals surface area contributed by atoms with E-state index < -0.39 is 5.91 Å². The van der Waals surface area contributed by atoms with Gasteiger partial charge >= 0.3 is 11.8 Å². The fourth-order valence-corrected chi connectivity index (χ4v) is 3.92. The first-order valence-corrected chi connectivity index (χ1v) is 9.15. The minimum atomic E-state index is -0.407. The van der Waals surface area contributed by atoms with Crippen molar-refractivity contribution in [2.45, 2.75) is 19.4 Å². The van der Waals surface area contributed by atoms with E-state index in [9.17, 15) is 9.59 Å². The Balaban J connectivity index is 1.43. The van der Waals surface area contributed by atoms with Gasteiger partial charge in [-0.05, 0) is 37.1 Å². The number of piperazine rings is 1. The summed E-state index contributed by atoms with van der Waals surface area (Å²) in [6, 6.07) is 18.1. The Morgan fingerprint density at radius 3 is 2.23 bits per heavy atom. The van der Waals surface area contributed by atoms with Gasteiger partial charge < -0.3 is 14.7 Å². The van der Waals surface area contributed by atoms with Crippen molar-refractivity contribution in [2.24, 2.45) is 0 Å². The van der Waals surface area contributed by atoms with E-state index >= 15 is 0 Å². The van der Waals surface area contributed by atoms with Crippen molar-refractivity contribution in [1.29, 1.82) is 0 Å². The van der Waals surface area contributed by atoms with Crippen LogP contribution in [0.1, 0.15) is 12.5 Å². The molecule has 2 aliphatic rings. The van der Waals surface area contributed by atoms with Gasteiger partial charge in [-0.2, -0.15) is 0 Å². The molecule has 26 heavy (non-hydrogen) atoms. The molecule has 1 fully saturated rings. The van der Waals surface area contributed by atoms with E-state index in [0.29, 0.717) is 13.1 Å². The number of nitrogens with zero attached hydrogens (tertiary/aromatic N) is 3. The number of rotatable bonds is 1. The maximum Gasteiger partial charge on any atom is 0.316 e. The molecule has 0 aliphatic carbocycles. The largest absolute Gasteiger partial charge is 0.368 e. The Morgan fingerprint density at radius 1 is 0.846 bits per heavy atom. The first-order chi connectivity index (χ1) is 12.6. The highest BCUT2D eigenvalue weighted by Gasteiger charge is 2.36. The van der Waals surface area contributed by atoms with E-state index in [0.717, 1.165) is 36.4 Å². The van der Waals surface area contributed by atoms with Crippen LogP contribution >= 0.6 is 0 Å². The van der Waals surface area contributed by atoms with Crippen molar-refractivity contribution in [2.75, 3.05) is 36.0 Å². The fourth-order valence-electron chi connectivity index (χ4n) is 3.92. The second-order valence-electron chi connectivity index (χ2n) is 6.97. The summed E-state index contributed by atoms with van der Waals surface area (Å²) in [6.07, 6.45) is 0.803. The van der Waals surface area contributed by atoms with E-state index in [-0.39, 0.29) is 11.9 Å². The molecule has 1 atom stereocenters. The van der Waals surface area contributed by atoms with Gasteiger partial charge in [0.25, 0.3) is 0 Å². The lowest BCUT2D eigenvalue weighted by atomic mass is 10.1. The van der Waals surface area contributed by atoms with Crippen LogP contribution in [0.2, 0.25) is 0 Å². The number of hydrogen-bond donors (Lipinski definition) is 0. The Labute approximate surface area is 153 Å². The lowest BCUT2D eigenvalue weighted by Crippen LogP contribution is -2.54. The van der Waals surface area contributed by atoms with Crippen LogP contribution in [-0.4, -0.2) is 48.9 Å². The molecule has 2 heterocycles. The molecule has 1 saturated heterocycles. The lowest BCUT2D eigenvalue weighted by molar-refractivity contribution is -0.144. The highest BCUT2D eigenvalue weighted by molar-refractivity contribution is 6.40. The Hall–Kier alpha value is -2.82. The maximum absolute atomic E-state index is 12.9. The van der Waals surface area contributed by atoms with Gasteiger partial charge in [0.05, 0.1) is 0 Å². The number of fused-ring (bicyclic) bond motifs is 1. The van der Waals surface area contributed by atoms with Crippen molar-refractivity contribution in [3.8, 4) is 0 Å². The molecule has 0 N–H and O–H groups in total. The molecule has 0 saturated carbocycles. The second kappa shape index (κ2) is 6.83. The molecule has 4 rings (SSSR count). The Bertz CT molecular complexity index is 813. The van der Waals surface area contributed by atoms with Crippen LogP contribution in [-0.2, 0) is 16.0 Å². The number of benzene rings is 2. The minimum Gasteiger partial charge on any atom is -0.368 e. The second-order valence-corrected chi connectivity index (χ2v) is 6.97. The molecule has 2 aliphatic heterocycles. The summed E-state index contributed by atoms with van der Waals surface area (Å²) < 4.78 is 0. The standard InChI is InChI=1S/C21H23N3O2/c1-16-15-17-7-5-6-10-19(17)24(16)21(26)20(25)23-13-11-22(12-14-23)18-8-3-2-4-9-18/h2-10,16H,11-15H2,1H3. The zero-order valence-electron chi connectivity index (χ0n) is 15.0. The van der Waals surface area contributed by atoms with Gasteiger partial charge in [0.2, 0.25) is 0 Å². The summed E-state index contributed by atoms with van der Waals surface area (Å²) >= 11 is 0. The fraction of sp³-hybridized carbons (Fsp3) is 0.333. The number of anilines is 2. The third-order valence-corrected chi connectivity index (χ3v) is 5.30. The maximum atomic E-state index is 12.9. The van der Waals surface area contributed by atoms with Crippen molar-refractivity contribution in [1.82, 2.24) is 4.90 Å². The van der Waals surface area contributed by atoms with Crippen LogP contribution in [0.25, 0.3) is 0 Å². The minimum absolute atomic E-state index is 0.0226. The van der Waals surface area contributed by atoms with Gasteiger partial charge in [-0.3, -0.25) is 9.59 Å². The number of amides is 2. The van der Waals surface area contributed by atoms with Crippen molar-refractivity contribution >= 4 is 23.2 Å². The van der Waals surface area contributed by atoms with Crippen LogP contribution in [0.15, 0.2) is 54.6 Å². The lowest BCUT2D eigenvalue weighted by Gasteiger charge is -2.36. The molecule has 2 aromatic rings. The van der Waals surface area contributed by atoms with E-state index in [2.05, 4.69) is 17.0 Å². The van der Waals surface area contributed by atoms with Crippen LogP contribution in [0.5, 0.6) is 0 Å². The van der Waals surface area contributed by atoms with Crippen LogP contribution in [0.3, 0.4) is 0 Å². The average molecular weight is 349 g/mol. The summed E-state index contributed by atoms with van der Waals surface area (Å²) in [4.78, 5) is 31.3. The SMILES string of the molecule is CC1Cc2ccccc2N1C(=O)C(=O)N1CCN(c2ccccc2)CC1. The molecule has 0 radical (unpaired) electrons. The predicted octanol–water partition coefficient (Wildman–Crippen LogP) is 2.31. The van der Waals surface area contributed by atoms with E-state index in [1.807, 2.05) is 49.4 Å². The Morgan fingerprint density at radius 2 is 1.50 bits per heavy atom. The molecule has 0 aromatic heterocycles. The quantitative estimate of drug-likeness (QED) is 0.742. The van der Waals surface area contributed by atoms with Crippen molar-refractivity contribution in [3.63, 3.8) is 0 Å². The topological polar surface area (TPSA) is 43.9 Å². The number of carbonyl (C=O) groups is 2. The van der Waals surface area contributed by atoms with Gasteiger partial charge in [-0.1, -0.05) is 36.4 Å². The summed E-state index contributed by atoms with van der Waals surface area (Å²) in [5.41, 5.74) is 3.17. The molecule has 0 spiro atoms. The summed E-state index contributed by atoms with van der Waals surface area (Å²) in [6.45, 7) is 4.63. The van der Waals surface area contributed by atoms with E-state index in [4.69, 9.17) is 0 Å². The average Bonchev–Trinajstić information content (AvgIpc) is 3.03. The smallest absolute Gasteiger partial charge is 0.316 e. The zero-order valence-corrected chi connectivity index (χ0v) is 15.0. The van der Waals surface area contributed by atoms with Gasteiger partial charge in [0.15, 0.2) is 0 Å². The first-order valence-electron chi connectivity index (χ1n) is 9.15. The summed E-state index contributed by atoms with van der Waals surface area (Å²) in [5, 5.41) is 0. The van der Waals surface area contributed by atoms with E-state index in [1.54, 1.807) is 9.80 Å². The molecule has 0 bridgehead atoms. The normalized spacial score (nSPS) is 19.4. The van der Waals surface area contributed by atoms with Crippen LogP contribution < -0.4 is 9.80 Å². The third kappa shape index (κ3) is 2.94. The predicted molar refractivity (Wildman–Crippen MR) is 102 cm³/mol. The van der Waals surface area contributed by atoms with Gasteiger partial charge in [-0.25, -0.2) is 0 Å². The molecule has 2 amide bonds. The molecule has 5 nitrogen and oxygen atoms in total. The van der Waals surface area contributed by atoms with Gasteiger partial charge in [-0.15, -0.1) is 0 Å². The highest BCUT2D eigenvalue weighted by Crippen LogP contribution is 2.32. The molecular weight excluding hydrogens is 326 g/mol.